The highest BCUT2D eigenvalue weighted by molar-refractivity contribution is 5.33. The van der Waals surface area contributed by atoms with Crippen molar-refractivity contribution in [1.82, 2.24) is 20.1 Å². The Kier molecular flexibility index (Phi) is 3.77. The summed E-state index contributed by atoms with van der Waals surface area (Å²) < 4.78 is 1.95. The van der Waals surface area contributed by atoms with Crippen molar-refractivity contribution in [2.24, 2.45) is 7.05 Å². The number of hydrogen-bond donors (Lipinski definition) is 1. The molecule has 96 valence electrons. The molecule has 1 heterocycles. The lowest BCUT2D eigenvalue weighted by molar-refractivity contribution is 0.526. The van der Waals surface area contributed by atoms with E-state index in [0.717, 1.165) is 12.4 Å². The standard InChI is InChI=1S/C14H20N4/c1-10-6-5-7-11(2)13(10)8-15-12(3)14-17-16-9-18(14)4/h5-7,9,12,15H,8H2,1-4H3. The summed E-state index contributed by atoms with van der Waals surface area (Å²) in [6.07, 6.45) is 1.73. The van der Waals surface area contributed by atoms with Gasteiger partial charge in [-0.25, -0.2) is 0 Å². The van der Waals surface area contributed by atoms with Crippen LogP contribution >= 0.6 is 0 Å². The molecule has 0 aliphatic carbocycles. The van der Waals surface area contributed by atoms with Crippen LogP contribution in [-0.4, -0.2) is 14.8 Å². The topological polar surface area (TPSA) is 42.7 Å². The molecule has 0 spiro atoms. The quantitative estimate of drug-likeness (QED) is 0.897. The first-order valence-electron chi connectivity index (χ1n) is 6.22. The number of nitrogens with one attached hydrogen (secondary N) is 1. The minimum atomic E-state index is 0.191. The second kappa shape index (κ2) is 5.31. The number of aromatic nitrogens is 3. The first-order valence-corrected chi connectivity index (χ1v) is 6.22. The molecule has 4 heteroatoms. The summed E-state index contributed by atoms with van der Waals surface area (Å²) in [4.78, 5) is 0. The monoisotopic (exact) mass is 244 g/mol. The Morgan fingerprint density at radius 2 is 1.94 bits per heavy atom. The van der Waals surface area contributed by atoms with Crippen molar-refractivity contribution < 1.29 is 0 Å². The zero-order valence-electron chi connectivity index (χ0n) is 11.4. The molecular weight excluding hydrogens is 224 g/mol. The molecule has 0 amide bonds. The van der Waals surface area contributed by atoms with Crippen molar-refractivity contribution in [3.05, 3.63) is 47.0 Å². The Bertz CT molecular complexity index is 510. The zero-order chi connectivity index (χ0) is 13.1. The van der Waals surface area contributed by atoms with E-state index in [1.165, 1.54) is 16.7 Å². The van der Waals surface area contributed by atoms with Crippen molar-refractivity contribution in [3.63, 3.8) is 0 Å². The van der Waals surface area contributed by atoms with Gasteiger partial charge in [0.25, 0.3) is 0 Å². The number of rotatable bonds is 4. The van der Waals surface area contributed by atoms with Crippen molar-refractivity contribution in [2.45, 2.75) is 33.4 Å². The molecule has 1 aromatic heterocycles. The van der Waals surface area contributed by atoms with Gasteiger partial charge in [-0.3, -0.25) is 0 Å². The number of hydrogen-bond acceptors (Lipinski definition) is 3. The average Bonchev–Trinajstić information content (AvgIpc) is 2.74. The van der Waals surface area contributed by atoms with Gasteiger partial charge in [0.1, 0.15) is 12.2 Å². The summed E-state index contributed by atoms with van der Waals surface area (Å²) in [5, 5.41) is 11.5. The average molecular weight is 244 g/mol. The fourth-order valence-corrected chi connectivity index (χ4v) is 2.16. The molecule has 0 saturated carbocycles. The second-order valence-electron chi connectivity index (χ2n) is 4.77. The largest absolute Gasteiger partial charge is 0.319 e. The Morgan fingerprint density at radius 1 is 1.28 bits per heavy atom. The summed E-state index contributed by atoms with van der Waals surface area (Å²) in [5.74, 6) is 0.959. The van der Waals surface area contributed by atoms with Crippen LogP contribution in [0.2, 0.25) is 0 Å². The molecular formula is C14H20N4. The number of nitrogens with zero attached hydrogens (tertiary/aromatic N) is 3. The highest BCUT2D eigenvalue weighted by Gasteiger charge is 2.11. The van der Waals surface area contributed by atoms with Crippen LogP contribution in [-0.2, 0) is 13.6 Å². The fraction of sp³-hybridized carbons (Fsp3) is 0.429. The third-order valence-corrected chi connectivity index (χ3v) is 3.36. The predicted molar refractivity (Wildman–Crippen MR) is 72.2 cm³/mol. The Morgan fingerprint density at radius 3 is 2.50 bits per heavy atom. The maximum atomic E-state index is 4.12. The van der Waals surface area contributed by atoms with Gasteiger partial charge in [0, 0.05) is 13.6 Å². The zero-order valence-corrected chi connectivity index (χ0v) is 11.4. The van der Waals surface area contributed by atoms with E-state index in [1.54, 1.807) is 6.33 Å². The minimum absolute atomic E-state index is 0.191. The molecule has 0 bridgehead atoms. The van der Waals surface area contributed by atoms with E-state index < -0.39 is 0 Å². The lowest BCUT2D eigenvalue weighted by atomic mass is 10.0. The van der Waals surface area contributed by atoms with Gasteiger partial charge in [0.2, 0.25) is 0 Å². The van der Waals surface area contributed by atoms with Crippen LogP contribution in [0.3, 0.4) is 0 Å². The maximum Gasteiger partial charge on any atom is 0.149 e. The first kappa shape index (κ1) is 12.8. The van der Waals surface area contributed by atoms with Crippen LogP contribution in [0.15, 0.2) is 24.5 Å². The van der Waals surface area contributed by atoms with Crippen molar-refractivity contribution in [3.8, 4) is 0 Å². The molecule has 1 unspecified atom stereocenters. The van der Waals surface area contributed by atoms with Gasteiger partial charge in [-0.1, -0.05) is 18.2 Å². The van der Waals surface area contributed by atoms with Crippen molar-refractivity contribution in [2.75, 3.05) is 0 Å². The SMILES string of the molecule is Cc1cccc(C)c1CNC(C)c1nncn1C. The molecule has 1 aromatic carbocycles. The van der Waals surface area contributed by atoms with Gasteiger partial charge < -0.3 is 9.88 Å². The van der Waals surface area contributed by atoms with Crippen molar-refractivity contribution >= 4 is 0 Å². The third kappa shape index (κ3) is 2.59. The van der Waals surface area contributed by atoms with E-state index >= 15 is 0 Å². The van der Waals surface area contributed by atoms with Gasteiger partial charge in [-0.15, -0.1) is 10.2 Å². The van der Waals surface area contributed by atoms with Crippen LogP contribution in [0, 0.1) is 13.8 Å². The molecule has 2 aromatic rings. The van der Waals surface area contributed by atoms with Gasteiger partial charge in [-0.2, -0.15) is 0 Å². The van der Waals surface area contributed by atoms with Crippen LogP contribution in [0.4, 0.5) is 0 Å². The van der Waals surface area contributed by atoms with Gasteiger partial charge in [0.05, 0.1) is 6.04 Å². The normalized spacial score (nSPS) is 12.7. The highest BCUT2D eigenvalue weighted by Crippen LogP contribution is 2.15. The summed E-state index contributed by atoms with van der Waals surface area (Å²) in [6, 6.07) is 6.59. The van der Waals surface area contributed by atoms with E-state index in [0.29, 0.717) is 0 Å². The van der Waals surface area contributed by atoms with Gasteiger partial charge in [-0.05, 0) is 37.5 Å². The van der Waals surface area contributed by atoms with Gasteiger partial charge >= 0.3 is 0 Å². The molecule has 0 saturated heterocycles. The Balaban J connectivity index is 2.06. The molecule has 2 rings (SSSR count). The third-order valence-electron chi connectivity index (χ3n) is 3.36. The lowest BCUT2D eigenvalue weighted by Crippen LogP contribution is -2.22. The molecule has 1 N–H and O–H groups in total. The second-order valence-corrected chi connectivity index (χ2v) is 4.77. The van der Waals surface area contributed by atoms with E-state index in [2.05, 4.69) is 54.5 Å². The number of benzene rings is 1. The first-order chi connectivity index (χ1) is 8.59. The van der Waals surface area contributed by atoms with Crippen molar-refractivity contribution in [1.29, 1.82) is 0 Å². The van der Waals surface area contributed by atoms with Crippen LogP contribution in [0.25, 0.3) is 0 Å². The van der Waals surface area contributed by atoms with E-state index in [1.807, 2.05) is 11.6 Å². The molecule has 1 atom stereocenters. The minimum Gasteiger partial charge on any atom is -0.319 e. The summed E-state index contributed by atoms with van der Waals surface area (Å²) in [5.41, 5.74) is 4.02. The lowest BCUT2D eigenvalue weighted by Gasteiger charge is -2.15. The van der Waals surface area contributed by atoms with E-state index in [9.17, 15) is 0 Å². The Labute approximate surface area is 108 Å². The maximum absolute atomic E-state index is 4.12. The Hall–Kier alpha value is -1.68. The molecule has 0 radical (unpaired) electrons. The molecule has 4 nitrogen and oxygen atoms in total. The molecule has 0 aliphatic heterocycles. The summed E-state index contributed by atoms with van der Waals surface area (Å²) in [6.45, 7) is 7.26. The predicted octanol–water partition coefficient (Wildman–Crippen LogP) is 2.28. The summed E-state index contributed by atoms with van der Waals surface area (Å²) >= 11 is 0. The molecule has 18 heavy (non-hydrogen) atoms. The molecule has 0 aliphatic rings. The van der Waals surface area contributed by atoms with E-state index in [4.69, 9.17) is 0 Å². The highest BCUT2D eigenvalue weighted by atomic mass is 15.3. The number of aryl methyl sites for hydroxylation is 3. The van der Waals surface area contributed by atoms with Gasteiger partial charge in [0.15, 0.2) is 0 Å². The summed E-state index contributed by atoms with van der Waals surface area (Å²) in [7, 11) is 1.96. The van der Waals surface area contributed by atoms with Crippen LogP contribution < -0.4 is 5.32 Å². The smallest absolute Gasteiger partial charge is 0.149 e. The van der Waals surface area contributed by atoms with Crippen LogP contribution in [0.1, 0.15) is 35.5 Å². The van der Waals surface area contributed by atoms with E-state index in [-0.39, 0.29) is 6.04 Å². The van der Waals surface area contributed by atoms with Crippen LogP contribution in [0.5, 0.6) is 0 Å². The fourth-order valence-electron chi connectivity index (χ4n) is 2.16. The molecule has 0 fully saturated rings.